The van der Waals surface area contributed by atoms with Crippen molar-refractivity contribution in [1.82, 2.24) is 4.90 Å². The summed E-state index contributed by atoms with van der Waals surface area (Å²) in [7, 11) is 3.16. The first-order valence-corrected chi connectivity index (χ1v) is 9.32. The highest BCUT2D eigenvalue weighted by Gasteiger charge is 2.17. The summed E-state index contributed by atoms with van der Waals surface area (Å²) in [5.74, 6) is 1.16. The van der Waals surface area contributed by atoms with Gasteiger partial charge in [-0.25, -0.2) is 0 Å². The van der Waals surface area contributed by atoms with E-state index in [0.29, 0.717) is 31.1 Å². The monoisotopic (exact) mass is 384 g/mol. The second-order valence-corrected chi connectivity index (χ2v) is 6.35. The van der Waals surface area contributed by atoms with Crippen molar-refractivity contribution in [2.45, 2.75) is 26.8 Å². The largest absolute Gasteiger partial charge is 0.493 e. The number of amides is 2. The molecule has 0 aliphatic heterocycles. The Balaban J connectivity index is 2.05. The lowest BCUT2D eigenvalue weighted by molar-refractivity contribution is -0.130. The summed E-state index contributed by atoms with van der Waals surface area (Å²) in [6, 6.07) is 15.1. The molecule has 0 saturated carbocycles. The fraction of sp³-hybridized carbons (Fsp3) is 0.364. The summed E-state index contributed by atoms with van der Waals surface area (Å²) >= 11 is 0. The highest BCUT2D eigenvalue weighted by atomic mass is 16.5. The van der Waals surface area contributed by atoms with E-state index in [1.165, 1.54) is 6.92 Å². The Bertz CT molecular complexity index is 792. The first-order valence-electron chi connectivity index (χ1n) is 9.32. The zero-order valence-corrected chi connectivity index (χ0v) is 17.0. The molecule has 0 saturated heterocycles. The molecule has 0 fully saturated rings. The van der Waals surface area contributed by atoms with Gasteiger partial charge in [-0.1, -0.05) is 24.3 Å². The van der Waals surface area contributed by atoms with Crippen molar-refractivity contribution in [3.05, 3.63) is 54.1 Å². The molecule has 6 nitrogen and oxygen atoms in total. The first-order chi connectivity index (χ1) is 13.5. The molecule has 0 aliphatic carbocycles. The van der Waals surface area contributed by atoms with Crippen molar-refractivity contribution >= 4 is 17.5 Å². The third kappa shape index (κ3) is 5.49. The van der Waals surface area contributed by atoms with Crippen molar-refractivity contribution in [1.29, 1.82) is 0 Å². The number of benzene rings is 2. The molecule has 0 spiro atoms. The Labute approximate surface area is 166 Å². The van der Waals surface area contributed by atoms with Gasteiger partial charge in [-0.15, -0.1) is 0 Å². The summed E-state index contributed by atoms with van der Waals surface area (Å²) in [5.41, 5.74) is 1.78. The molecule has 2 aromatic rings. The van der Waals surface area contributed by atoms with Gasteiger partial charge in [0.15, 0.2) is 11.5 Å². The molecular formula is C22H28N2O4. The Morgan fingerprint density at radius 2 is 1.64 bits per heavy atom. The van der Waals surface area contributed by atoms with Crippen LogP contribution in [-0.2, 0) is 16.1 Å². The zero-order chi connectivity index (χ0) is 20.5. The quantitative estimate of drug-likeness (QED) is 0.664. The van der Waals surface area contributed by atoms with Crippen LogP contribution in [0.2, 0.25) is 0 Å². The average molecular weight is 384 g/mol. The number of carbonyl (C=O) groups excluding carboxylic acids is 2. The Morgan fingerprint density at radius 3 is 2.21 bits per heavy atom. The van der Waals surface area contributed by atoms with Gasteiger partial charge < -0.3 is 19.3 Å². The van der Waals surface area contributed by atoms with Gasteiger partial charge in [-0.2, -0.15) is 0 Å². The van der Waals surface area contributed by atoms with Crippen LogP contribution < -0.4 is 14.4 Å². The molecule has 0 heterocycles. The molecule has 150 valence electrons. The topological polar surface area (TPSA) is 59.1 Å². The lowest BCUT2D eigenvalue weighted by Gasteiger charge is -2.25. The van der Waals surface area contributed by atoms with E-state index in [1.54, 1.807) is 24.0 Å². The number of nitrogens with zero attached hydrogens (tertiary/aromatic N) is 2. The number of hydrogen-bond donors (Lipinski definition) is 0. The van der Waals surface area contributed by atoms with Crippen LogP contribution in [0.3, 0.4) is 0 Å². The van der Waals surface area contributed by atoms with Gasteiger partial charge in [0.1, 0.15) is 0 Å². The van der Waals surface area contributed by atoms with Gasteiger partial charge in [-0.3, -0.25) is 9.59 Å². The molecule has 0 radical (unpaired) electrons. The third-order valence-electron chi connectivity index (χ3n) is 4.55. The average Bonchev–Trinajstić information content (AvgIpc) is 2.72. The van der Waals surface area contributed by atoms with E-state index in [4.69, 9.17) is 9.47 Å². The maximum atomic E-state index is 12.7. The molecule has 0 aromatic heterocycles. The van der Waals surface area contributed by atoms with E-state index in [9.17, 15) is 9.59 Å². The van der Waals surface area contributed by atoms with Crippen LogP contribution in [0.15, 0.2) is 48.5 Å². The van der Waals surface area contributed by atoms with Crippen LogP contribution >= 0.6 is 0 Å². The lowest BCUT2D eigenvalue weighted by atomic mass is 10.1. The van der Waals surface area contributed by atoms with Crippen molar-refractivity contribution in [2.24, 2.45) is 0 Å². The Morgan fingerprint density at radius 1 is 0.964 bits per heavy atom. The summed E-state index contributed by atoms with van der Waals surface area (Å²) in [4.78, 5) is 28.2. The third-order valence-corrected chi connectivity index (χ3v) is 4.55. The number of anilines is 1. The van der Waals surface area contributed by atoms with E-state index in [1.807, 2.05) is 55.5 Å². The van der Waals surface area contributed by atoms with Crippen molar-refractivity contribution in [3.63, 3.8) is 0 Å². The molecule has 0 aliphatic rings. The standard InChI is InChI=1S/C22H28N2O4/c1-5-24(19-9-7-6-8-10-19)22(26)13-14-23(17(2)25)16-18-11-12-20(27-3)21(15-18)28-4/h6-12,15H,5,13-14,16H2,1-4H3. The Kier molecular flexibility index (Phi) is 7.87. The van der Waals surface area contributed by atoms with Crippen molar-refractivity contribution in [2.75, 3.05) is 32.2 Å². The number of ether oxygens (including phenoxy) is 2. The molecule has 2 amide bonds. The minimum absolute atomic E-state index is 0.00717. The molecular weight excluding hydrogens is 356 g/mol. The molecule has 0 unspecified atom stereocenters. The molecule has 28 heavy (non-hydrogen) atoms. The summed E-state index contributed by atoms with van der Waals surface area (Å²) < 4.78 is 10.6. The van der Waals surface area contributed by atoms with Crippen LogP contribution in [0, 0.1) is 0 Å². The Hall–Kier alpha value is -3.02. The summed E-state index contributed by atoms with van der Waals surface area (Å²) in [6.07, 6.45) is 0.260. The van der Waals surface area contributed by atoms with Gasteiger partial charge in [0.25, 0.3) is 0 Å². The SMILES string of the molecule is CCN(C(=O)CCN(Cc1ccc(OC)c(OC)c1)C(C)=O)c1ccccc1. The minimum atomic E-state index is -0.0784. The summed E-state index contributed by atoms with van der Waals surface area (Å²) in [5, 5.41) is 0. The van der Waals surface area contributed by atoms with Gasteiger partial charge in [0.2, 0.25) is 11.8 Å². The predicted octanol–water partition coefficient (Wildman–Crippen LogP) is 3.50. The minimum Gasteiger partial charge on any atom is -0.493 e. The second kappa shape index (κ2) is 10.3. The number of carbonyl (C=O) groups is 2. The predicted molar refractivity (Wildman–Crippen MR) is 110 cm³/mol. The van der Waals surface area contributed by atoms with Crippen molar-refractivity contribution in [3.8, 4) is 11.5 Å². The van der Waals surface area contributed by atoms with Gasteiger partial charge in [0.05, 0.1) is 14.2 Å². The number of rotatable bonds is 9. The summed E-state index contributed by atoms with van der Waals surface area (Å²) in [6.45, 7) is 4.79. The normalized spacial score (nSPS) is 10.3. The van der Waals surface area contributed by atoms with Crippen LogP contribution in [-0.4, -0.2) is 44.0 Å². The fourth-order valence-electron chi connectivity index (χ4n) is 3.02. The smallest absolute Gasteiger partial charge is 0.228 e. The van der Waals surface area contributed by atoms with Crippen LogP contribution in [0.5, 0.6) is 11.5 Å². The maximum Gasteiger partial charge on any atom is 0.228 e. The maximum absolute atomic E-state index is 12.7. The van der Waals surface area contributed by atoms with Crippen molar-refractivity contribution < 1.29 is 19.1 Å². The van der Waals surface area contributed by atoms with E-state index >= 15 is 0 Å². The molecule has 2 rings (SSSR count). The number of hydrogen-bond acceptors (Lipinski definition) is 4. The fourth-order valence-corrected chi connectivity index (χ4v) is 3.02. The van der Waals surface area contributed by atoms with Gasteiger partial charge in [0, 0.05) is 38.7 Å². The van der Waals surface area contributed by atoms with E-state index < -0.39 is 0 Å². The zero-order valence-electron chi connectivity index (χ0n) is 17.0. The van der Waals surface area contributed by atoms with Gasteiger partial charge >= 0.3 is 0 Å². The first kappa shape index (κ1) is 21.3. The van der Waals surface area contributed by atoms with E-state index in [2.05, 4.69) is 0 Å². The second-order valence-electron chi connectivity index (χ2n) is 6.35. The molecule has 0 atom stereocenters. The number of methoxy groups -OCH3 is 2. The molecule has 2 aromatic carbocycles. The van der Waals surface area contributed by atoms with Gasteiger partial charge in [-0.05, 0) is 36.8 Å². The van der Waals surface area contributed by atoms with Crippen LogP contribution in [0.4, 0.5) is 5.69 Å². The van der Waals surface area contributed by atoms with Crippen LogP contribution in [0.1, 0.15) is 25.8 Å². The lowest BCUT2D eigenvalue weighted by Crippen LogP contribution is -2.36. The number of para-hydroxylation sites is 1. The molecule has 0 bridgehead atoms. The van der Waals surface area contributed by atoms with Crippen LogP contribution in [0.25, 0.3) is 0 Å². The van der Waals surface area contributed by atoms with E-state index in [-0.39, 0.29) is 18.2 Å². The highest BCUT2D eigenvalue weighted by Crippen LogP contribution is 2.28. The van der Waals surface area contributed by atoms with E-state index in [0.717, 1.165) is 11.3 Å². The highest BCUT2D eigenvalue weighted by molar-refractivity contribution is 5.93. The molecule has 0 N–H and O–H groups in total. The molecule has 6 heteroatoms.